The van der Waals surface area contributed by atoms with Crippen molar-refractivity contribution in [2.75, 3.05) is 6.61 Å². The molecule has 0 saturated carbocycles. The highest BCUT2D eigenvalue weighted by Crippen LogP contribution is 2.17. The molecule has 0 unspecified atom stereocenters. The van der Waals surface area contributed by atoms with Crippen LogP contribution in [-0.4, -0.2) is 33.1 Å². The van der Waals surface area contributed by atoms with Crippen molar-refractivity contribution in [3.8, 4) is 11.5 Å². The van der Waals surface area contributed by atoms with Crippen LogP contribution in [0.25, 0.3) is 6.08 Å². The van der Waals surface area contributed by atoms with Gasteiger partial charge in [-0.3, -0.25) is 9.59 Å². The molecule has 0 aliphatic heterocycles. The van der Waals surface area contributed by atoms with E-state index in [-0.39, 0.29) is 22.6 Å². The zero-order valence-corrected chi connectivity index (χ0v) is 13.7. The summed E-state index contributed by atoms with van der Waals surface area (Å²) in [6, 6.07) is 7.47. The third kappa shape index (κ3) is 4.35. The Labute approximate surface area is 143 Å². The lowest BCUT2D eigenvalue weighted by Gasteiger charge is -2.06. The summed E-state index contributed by atoms with van der Waals surface area (Å²) in [5, 5.41) is 18.5. The van der Waals surface area contributed by atoms with Crippen molar-refractivity contribution in [1.29, 1.82) is 0 Å². The molecule has 0 atom stereocenters. The summed E-state index contributed by atoms with van der Waals surface area (Å²) in [5.41, 5.74) is 0.455. The van der Waals surface area contributed by atoms with Crippen LogP contribution < -0.4 is 10.3 Å². The van der Waals surface area contributed by atoms with E-state index < -0.39 is 23.9 Å². The van der Waals surface area contributed by atoms with Crippen LogP contribution in [-0.2, 0) is 11.8 Å². The number of carboxylic acids is 1. The second-order valence-corrected chi connectivity index (χ2v) is 5.36. The van der Waals surface area contributed by atoms with E-state index in [9.17, 15) is 19.5 Å². The standard InChI is InChI=1S/C18H17NO6/c1-11-8-16(21)14(18(24)19(11)2)6-7-15(20)12-4-3-5-13(9-12)25-10-17(22)23/h3-9,21H,10H2,1-2H3,(H,22,23)/b7-6+. The van der Waals surface area contributed by atoms with Crippen molar-refractivity contribution >= 4 is 17.8 Å². The molecule has 130 valence electrons. The number of allylic oxidation sites excluding steroid dienone is 1. The minimum Gasteiger partial charge on any atom is -0.507 e. The Hall–Kier alpha value is -3.35. The van der Waals surface area contributed by atoms with Gasteiger partial charge >= 0.3 is 5.97 Å². The molecule has 7 nitrogen and oxygen atoms in total. The number of carboxylic acid groups (broad SMARTS) is 1. The molecule has 0 aliphatic carbocycles. The number of aromatic nitrogens is 1. The van der Waals surface area contributed by atoms with Crippen LogP contribution in [0.5, 0.6) is 11.5 Å². The molecule has 0 aliphatic rings. The van der Waals surface area contributed by atoms with E-state index in [1.165, 1.54) is 41.0 Å². The molecule has 0 saturated heterocycles. The largest absolute Gasteiger partial charge is 0.507 e. The summed E-state index contributed by atoms with van der Waals surface area (Å²) >= 11 is 0. The molecular formula is C18H17NO6. The van der Waals surface area contributed by atoms with Crippen molar-refractivity contribution in [3.05, 3.63) is 63.6 Å². The quantitative estimate of drug-likeness (QED) is 0.611. The van der Waals surface area contributed by atoms with E-state index in [4.69, 9.17) is 9.84 Å². The number of rotatable bonds is 6. The average molecular weight is 343 g/mol. The van der Waals surface area contributed by atoms with Crippen LogP contribution in [0.2, 0.25) is 0 Å². The molecule has 25 heavy (non-hydrogen) atoms. The third-order valence-corrected chi connectivity index (χ3v) is 3.57. The maximum atomic E-state index is 12.2. The van der Waals surface area contributed by atoms with Gasteiger partial charge in [-0.1, -0.05) is 12.1 Å². The Morgan fingerprint density at radius 3 is 2.68 bits per heavy atom. The molecule has 1 aromatic heterocycles. The summed E-state index contributed by atoms with van der Waals surface area (Å²) in [6.45, 7) is 1.17. The number of aliphatic carboxylic acids is 1. The normalized spacial score (nSPS) is 10.8. The molecule has 1 aromatic carbocycles. The number of hydrogen-bond donors (Lipinski definition) is 2. The second kappa shape index (κ2) is 7.48. The zero-order valence-electron chi connectivity index (χ0n) is 13.7. The topological polar surface area (TPSA) is 106 Å². The Balaban J connectivity index is 2.24. The number of carbonyl (C=O) groups excluding carboxylic acids is 1. The van der Waals surface area contributed by atoms with Gasteiger partial charge in [-0.15, -0.1) is 0 Å². The van der Waals surface area contributed by atoms with Crippen LogP contribution in [0, 0.1) is 6.92 Å². The highest BCUT2D eigenvalue weighted by atomic mass is 16.5. The molecule has 0 bridgehead atoms. The Morgan fingerprint density at radius 2 is 2.00 bits per heavy atom. The number of nitrogens with zero attached hydrogens (tertiary/aromatic N) is 1. The van der Waals surface area contributed by atoms with Crippen LogP contribution >= 0.6 is 0 Å². The van der Waals surface area contributed by atoms with Gasteiger partial charge in [-0.25, -0.2) is 4.79 Å². The predicted octanol–water partition coefficient (Wildman–Crippen LogP) is 1.76. The summed E-state index contributed by atoms with van der Waals surface area (Å²) in [5.74, 6) is -1.50. The van der Waals surface area contributed by atoms with Gasteiger partial charge in [0.1, 0.15) is 11.5 Å². The smallest absolute Gasteiger partial charge is 0.341 e. The van der Waals surface area contributed by atoms with Gasteiger partial charge in [0.15, 0.2) is 12.4 Å². The summed E-state index contributed by atoms with van der Waals surface area (Å²) in [7, 11) is 1.57. The average Bonchev–Trinajstić information content (AvgIpc) is 2.58. The lowest BCUT2D eigenvalue weighted by atomic mass is 10.1. The van der Waals surface area contributed by atoms with E-state index in [0.717, 1.165) is 0 Å². The number of pyridine rings is 1. The van der Waals surface area contributed by atoms with Gasteiger partial charge in [-0.05, 0) is 37.3 Å². The van der Waals surface area contributed by atoms with E-state index in [0.29, 0.717) is 5.69 Å². The number of carbonyl (C=O) groups is 2. The number of ether oxygens (including phenoxy) is 1. The van der Waals surface area contributed by atoms with Gasteiger partial charge in [0.25, 0.3) is 5.56 Å². The van der Waals surface area contributed by atoms with Gasteiger partial charge in [-0.2, -0.15) is 0 Å². The Bertz CT molecular complexity index is 910. The first-order valence-electron chi connectivity index (χ1n) is 7.36. The maximum Gasteiger partial charge on any atom is 0.341 e. The summed E-state index contributed by atoms with van der Waals surface area (Å²) in [4.78, 5) is 34.9. The van der Waals surface area contributed by atoms with E-state index in [2.05, 4.69) is 0 Å². The fraction of sp³-hybridized carbons (Fsp3) is 0.167. The van der Waals surface area contributed by atoms with E-state index >= 15 is 0 Å². The molecule has 2 rings (SSSR count). The molecule has 0 fully saturated rings. The SMILES string of the molecule is Cc1cc(O)c(/C=C/C(=O)c2cccc(OCC(=O)O)c2)c(=O)n1C. The number of aromatic hydroxyl groups is 1. The van der Waals surface area contributed by atoms with Gasteiger partial charge in [0, 0.05) is 18.3 Å². The molecule has 1 heterocycles. The van der Waals surface area contributed by atoms with Gasteiger partial charge < -0.3 is 19.5 Å². The van der Waals surface area contributed by atoms with Crippen molar-refractivity contribution < 1.29 is 24.5 Å². The van der Waals surface area contributed by atoms with Crippen molar-refractivity contribution in [1.82, 2.24) is 4.57 Å². The molecule has 0 radical (unpaired) electrons. The minimum atomic E-state index is -1.12. The maximum absolute atomic E-state index is 12.2. The number of ketones is 1. The monoisotopic (exact) mass is 343 g/mol. The summed E-state index contributed by atoms with van der Waals surface area (Å²) < 4.78 is 6.38. The predicted molar refractivity (Wildman–Crippen MR) is 91.0 cm³/mol. The lowest BCUT2D eigenvalue weighted by Crippen LogP contribution is -2.21. The summed E-state index contributed by atoms with van der Waals surface area (Å²) in [6.07, 6.45) is 2.42. The van der Waals surface area contributed by atoms with Crippen molar-refractivity contribution in [3.63, 3.8) is 0 Å². The fourth-order valence-electron chi connectivity index (χ4n) is 2.12. The highest BCUT2D eigenvalue weighted by Gasteiger charge is 2.09. The number of hydrogen-bond acceptors (Lipinski definition) is 5. The second-order valence-electron chi connectivity index (χ2n) is 5.36. The molecule has 0 spiro atoms. The van der Waals surface area contributed by atoms with Crippen LogP contribution in [0.4, 0.5) is 0 Å². The minimum absolute atomic E-state index is 0.0136. The molecule has 0 amide bonds. The molecule has 2 N–H and O–H groups in total. The molecule has 7 heteroatoms. The first kappa shape index (κ1) is 18.0. The highest BCUT2D eigenvalue weighted by molar-refractivity contribution is 6.07. The van der Waals surface area contributed by atoms with Gasteiger partial charge in [0.2, 0.25) is 0 Å². The van der Waals surface area contributed by atoms with E-state index in [1.807, 2.05) is 0 Å². The Kier molecular flexibility index (Phi) is 5.38. The van der Waals surface area contributed by atoms with Crippen molar-refractivity contribution in [2.24, 2.45) is 7.05 Å². The Morgan fingerprint density at radius 1 is 1.28 bits per heavy atom. The molecular weight excluding hydrogens is 326 g/mol. The first-order valence-corrected chi connectivity index (χ1v) is 7.36. The number of benzene rings is 1. The van der Waals surface area contributed by atoms with Crippen LogP contribution in [0.3, 0.4) is 0 Å². The fourth-order valence-corrected chi connectivity index (χ4v) is 2.12. The third-order valence-electron chi connectivity index (χ3n) is 3.57. The zero-order chi connectivity index (χ0) is 18.6. The van der Waals surface area contributed by atoms with Gasteiger partial charge in [0.05, 0.1) is 5.56 Å². The lowest BCUT2D eigenvalue weighted by molar-refractivity contribution is -0.139. The number of aryl methyl sites for hydroxylation is 1. The molecule has 2 aromatic rings. The first-order chi connectivity index (χ1) is 11.8. The van der Waals surface area contributed by atoms with Crippen LogP contribution in [0.1, 0.15) is 21.6 Å². The van der Waals surface area contributed by atoms with Crippen molar-refractivity contribution in [2.45, 2.75) is 6.92 Å². The van der Waals surface area contributed by atoms with Crippen LogP contribution in [0.15, 0.2) is 41.2 Å². The van der Waals surface area contributed by atoms with E-state index in [1.54, 1.807) is 20.0 Å².